The highest BCUT2D eigenvalue weighted by Crippen LogP contribution is 2.34. The molecule has 7 heteroatoms. The zero-order valence-electron chi connectivity index (χ0n) is 18.7. The maximum absolute atomic E-state index is 6.57. The van der Waals surface area contributed by atoms with Crippen molar-refractivity contribution in [3.63, 3.8) is 0 Å². The van der Waals surface area contributed by atoms with Crippen LogP contribution in [0.3, 0.4) is 0 Å². The van der Waals surface area contributed by atoms with E-state index in [1.807, 2.05) is 41.0 Å². The molecule has 0 spiro atoms. The van der Waals surface area contributed by atoms with Crippen molar-refractivity contribution in [2.45, 2.75) is 49.0 Å². The number of aryl methyl sites for hydroxylation is 1. The van der Waals surface area contributed by atoms with Crippen molar-refractivity contribution in [1.82, 2.24) is 9.55 Å². The lowest BCUT2D eigenvalue weighted by Crippen LogP contribution is -2.37. The number of benzene rings is 2. The second-order valence-electron chi connectivity index (χ2n) is 8.82. The zero-order valence-corrected chi connectivity index (χ0v) is 20.3. The molecule has 0 aliphatic carbocycles. The molecule has 0 radical (unpaired) electrons. The van der Waals surface area contributed by atoms with Gasteiger partial charge in [0.05, 0.1) is 25.6 Å². The minimum Gasteiger partial charge on any atom is -0.372 e. The Morgan fingerprint density at radius 3 is 2.58 bits per heavy atom. The second kappa shape index (κ2) is 10.5. The molecule has 2 saturated heterocycles. The summed E-state index contributed by atoms with van der Waals surface area (Å²) in [7, 11) is 0. The molecule has 174 valence electrons. The fourth-order valence-electron chi connectivity index (χ4n) is 4.55. The van der Waals surface area contributed by atoms with Gasteiger partial charge in [0, 0.05) is 53.3 Å². The Kier molecular flexibility index (Phi) is 7.26. The Bertz CT molecular complexity index is 1010. The number of imidazole rings is 1. The lowest BCUT2D eigenvalue weighted by atomic mass is 10.0. The molecule has 2 aromatic carbocycles. The van der Waals surface area contributed by atoms with Crippen LogP contribution in [0, 0.1) is 0 Å². The van der Waals surface area contributed by atoms with E-state index in [1.54, 1.807) is 6.20 Å². The van der Waals surface area contributed by atoms with Crippen molar-refractivity contribution < 1.29 is 9.47 Å². The normalized spacial score (nSPS) is 22.8. The van der Waals surface area contributed by atoms with E-state index in [2.05, 4.69) is 46.3 Å². The van der Waals surface area contributed by atoms with Gasteiger partial charge in [0.2, 0.25) is 0 Å². The first-order chi connectivity index (χ1) is 16.2. The Morgan fingerprint density at radius 2 is 1.85 bits per heavy atom. The molecule has 33 heavy (non-hydrogen) atoms. The SMILES string of the molecule is Clc1ccc(CCC2(Cn3ccnc3)OCC(CSc3ccc(N4CCCC4)cc3)O2)cc1. The summed E-state index contributed by atoms with van der Waals surface area (Å²) < 4.78 is 14.9. The van der Waals surface area contributed by atoms with E-state index in [1.165, 1.54) is 42.1 Å². The third-order valence-corrected chi connectivity index (χ3v) is 7.74. The fraction of sp³-hybridized carbons (Fsp3) is 0.423. The van der Waals surface area contributed by atoms with Crippen molar-refractivity contribution in [2.75, 3.05) is 30.3 Å². The minimum atomic E-state index is -0.648. The van der Waals surface area contributed by atoms with E-state index in [9.17, 15) is 0 Å². The van der Waals surface area contributed by atoms with Gasteiger partial charge in [-0.05, 0) is 61.2 Å². The standard InChI is InChI=1S/C26H30ClN3O2S/c27-22-5-3-21(4-6-22)11-12-26(19-29-16-13-28-20-29)31-17-24(32-26)18-33-25-9-7-23(8-10-25)30-14-1-2-15-30/h3-10,13,16,20,24H,1-2,11-12,14-15,17-19H2. The van der Waals surface area contributed by atoms with Crippen LogP contribution in [0.4, 0.5) is 5.69 Å². The van der Waals surface area contributed by atoms with Gasteiger partial charge in [-0.3, -0.25) is 0 Å². The van der Waals surface area contributed by atoms with Gasteiger partial charge >= 0.3 is 0 Å². The first kappa shape index (κ1) is 22.8. The topological polar surface area (TPSA) is 39.5 Å². The van der Waals surface area contributed by atoms with Gasteiger partial charge in [0.15, 0.2) is 5.79 Å². The van der Waals surface area contributed by atoms with E-state index >= 15 is 0 Å². The predicted octanol–water partition coefficient (Wildman–Crippen LogP) is 5.67. The highest BCUT2D eigenvalue weighted by atomic mass is 35.5. The summed E-state index contributed by atoms with van der Waals surface area (Å²) in [6.45, 7) is 3.59. The molecule has 1 aromatic heterocycles. The predicted molar refractivity (Wildman–Crippen MR) is 134 cm³/mol. The van der Waals surface area contributed by atoms with E-state index in [-0.39, 0.29) is 6.10 Å². The summed E-state index contributed by atoms with van der Waals surface area (Å²) in [4.78, 5) is 7.92. The Hall–Kier alpha value is -1.99. The summed E-state index contributed by atoms with van der Waals surface area (Å²) >= 11 is 7.88. The highest BCUT2D eigenvalue weighted by Gasteiger charge is 2.41. The molecule has 0 amide bonds. The molecule has 3 heterocycles. The smallest absolute Gasteiger partial charge is 0.187 e. The summed E-state index contributed by atoms with van der Waals surface area (Å²) in [5.41, 5.74) is 2.56. The lowest BCUT2D eigenvalue weighted by Gasteiger charge is -2.28. The van der Waals surface area contributed by atoms with Crippen LogP contribution in [-0.4, -0.2) is 46.9 Å². The molecular formula is C26H30ClN3O2S. The van der Waals surface area contributed by atoms with Crippen LogP contribution in [0.1, 0.15) is 24.8 Å². The van der Waals surface area contributed by atoms with Crippen LogP contribution in [0.15, 0.2) is 72.1 Å². The Labute approximate surface area is 205 Å². The molecule has 2 aliphatic heterocycles. The van der Waals surface area contributed by atoms with Crippen molar-refractivity contribution in [2.24, 2.45) is 0 Å². The number of hydrogen-bond donors (Lipinski definition) is 0. The lowest BCUT2D eigenvalue weighted by molar-refractivity contribution is -0.180. The molecule has 5 nitrogen and oxygen atoms in total. The van der Waals surface area contributed by atoms with E-state index in [4.69, 9.17) is 21.1 Å². The molecule has 5 rings (SSSR count). The van der Waals surface area contributed by atoms with Crippen molar-refractivity contribution >= 4 is 29.1 Å². The first-order valence-electron chi connectivity index (χ1n) is 11.7. The first-order valence-corrected chi connectivity index (χ1v) is 13.0. The number of thioether (sulfide) groups is 1. The molecule has 2 atom stereocenters. The van der Waals surface area contributed by atoms with Gasteiger partial charge in [0.1, 0.15) is 0 Å². The minimum absolute atomic E-state index is 0.0574. The number of ether oxygens (including phenoxy) is 2. The molecule has 2 fully saturated rings. The van der Waals surface area contributed by atoms with E-state index in [0.29, 0.717) is 13.2 Å². The van der Waals surface area contributed by atoms with Crippen LogP contribution < -0.4 is 4.90 Å². The molecular weight excluding hydrogens is 454 g/mol. The zero-order chi connectivity index (χ0) is 22.5. The Balaban J connectivity index is 1.19. The van der Waals surface area contributed by atoms with Gasteiger partial charge < -0.3 is 18.9 Å². The summed E-state index contributed by atoms with van der Waals surface area (Å²) in [6.07, 6.45) is 9.87. The number of rotatable bonds is 9. The summed E-state index contributed by atoms with van der Waals surface area (Å²) in [6, 6.07) is 17.0. The fourth-order valence-corrected chi connectivity index (χ4v) is 5.55. The van der Waals surface area contributed by atoms with Gasteiger partial charge in [-0.2, -0.15) is 0 Å². The van der Waals surface area contributed by atoms with Gasteiger partial charge in [-0.25, -0.2) is 4.98 Å². The van der Waals surface area contributed by atoms with Gasteiger partial charge in [-0.15, -0.1) is 11.8 Å². The molecule has 2 unspecified atom stereocenters. The molecule has 0 N–H and O–H groups in total. The third-order valence-electron chi connectivity index (χ3n) is 6.35. The molecule has 3 aromatic rings. The monoisotopic (exact) mass is 483 g/mol. The van der Waals surface area contributed by atoms with E-state index < -0.39 is 5.79 Å². The Morgan fingerprint density at radius 1 is 1.06 bits per heavy atom. The van der Waals surface area contributed by atoms with Crippen LogP contribution in [0.25, 0.3) is 0 Å². The van der Waals surface area contributed by atoms with E-state index in [0.717, 1.165) is 23.6 Å². The number of anilines is 1. The summed E-state index contributed by atoms with van der Waals surface area (Å²) in [5.74, 6) is 0.223. The molecule has 0 bridgehead atoms. The van der Waals surface area contributed by atoms with Gasteiger partial charge in [-0.1, -0.05) is 23.7 Å². The third kappa shape index (κ3) is 5.93. The number of halogens is 1. The van der Waals surface area contributed by atoms with Gasteiger partial charge in [0.25, 0.3) is 0 Å². The largest absolute Gasteiger partial charge is 0.372 e. The molecule has 2 aliphatic rings. The van der Waals surface area contributed by atoms with Crippen LogP contribution in [-0.2, 0) is 22.4 Å². The van der Waals surface area contributed by atoms with Crippen molar-refractivity contribution in [3.8, 4) is 0 Å². The van der Waals surface area contributed by atoms with Crippen LogP contribution in [0.5, 0.6) is 0 Å². The maximum Gasteiger partial charge on any atom is 0.187 e. The quantitative estimate of drug-likeness (QED) is 0.366. The summed E-state index contributed by atoms with van der Waals surface area (Å²) in [5, 5.41) is 0.755. The van der Waals surface area contributed by atoms with Crippen LogP contribution in [0.2, 0.25) is 5.02 Å². The number of hydrogen-bond acceptors (Lipinski definition) is 5. The average molecular weight is 484 g/mol. The van der Waals surface area contributed by atoms with Crippen LogP contribution >= 0.6 is 23.4 Å². The number of nitrogens with zero attached hydrogens (tertiary/aromatic N) is 3. The van der Waals surface area contributed by atoms with Crippen molar-refractivity contribution in [1.29, 1.82) is 0 Å². The van der Waals surface area contributed by atoms with Crippen molar-refractivity contribution in [3.05, 3.63) is 77.8 Å². The maximum atomic E-state index is 6.57. The average Bonchev–Trinajstić information content (AvgIpc) is 3.61. The number of aromatic nitrogens is 2. The molecule has 0 saturated carbocycles. The second-order valence-corrected chi connectivity index (χ2v) is 10.4. The highest BCUT2D eigenvalue weighted by molar-refractivity contribution is 7.99.